The Balaban J connectivity index is 2.53. The standard InChI is InChI=1S/2C6H5.C4H6N.Bi/c2*1-2-4-6-5-3-1;1-4(2)3-5;/h2*1-5H;1-2H3;. The van der Waals surface area contributed by atoms with Crippen molar-refractivity contribution in [1.29, 1.82) is 5.26 Å². The predicted molar refractivity (Wildman–Crippen MR) is 77.6 cm³/mol. The van der Waals surface area contributed by atoms with Crippen LogP contribution in [0.5, 0.6) is 0 Å². The molecule has 0 aliphatic carbocycles. The molecule has 18 heavy (non-hydrogen) atoms. The van der Waals surface area contributed by atoms with E-state index in [1.54, 1.807) is 0 Å². The summed E-state index contributed by atoms with van der Waals surface area (Å²) >= 11 is -2.28. The van der Waals surface area contributed by atoms with Gasteiger partial charge in [-0.25, -0.2) is 0 Å². The molecule has 90 valence electrons. The second kappa shape index (κ2) is 5.64. The summed E-state index contributed by atoms with van der Waals surface area (Å²) in [6, 6.07) is 23.7. The first-order valence-electron chi connectivity index (χ1n) is 5.97. The summed E-state index contributed by atoms with van der Waals surface area (Å²) in [4.78, 5) is 0. The first-order chi connectivity index (χ1) is 8.65. The number of nitriles is 1. The molecule has 2 aromatic rings. The fourth-order valence-corrected chi connectivity index (χ4v) is 12.2. The van der Waals surface area contributed by atoms with E-state index < -0.39 is 21.8 Å². The first-order valence-corrected chi connectivity index (χ1v) is 11.2. The van der Waals surface area contributed by atoms with Gasteiger partial charge in [0.2, 0.25) is 0 Å². The van der Waals surface area contributed by atoms with Gasteiger partial charge >= 0.3 is 117 Å². The molecule has 0 heterocycles. The third-order valence-corrected chi connectivity index (χ3v) is 13.9. The summed E-state index contributed by atoms with van der Waals surface area (Å²) < 4.78 is 2.56. The van der Waals surface area contributed by atoms with Gasteiger partial charge in [-0.1, -0.05) is 0 Å². The minimum absolute atomic E-state index is 0.224. The fraction of sp³-hybridized carbons (Fsp3) is 0.188. The Morgan fingerprint density at radius 3 is 1.56 bits per heavy atom. The van der Waals surface area contributed by atoms with E-state index in [4.69, 9.17) is 0 Å². The number of nitrogens with zero attached hydrogens (tertiary/aromatic N) is 1. The van der Waals surface area contributed by atoms with E-state index in [9.17, 15) is 5.26 Å². The summed E-state index contributed by atoms with van der Waals surface area (Å²) in [7, 11) is 0. The summed E-state index contributed by atoms with van der Waals surface area (Å²) in [6.07, 6.45) is 0. The van der Waals surface area contributed by atoms with Crippen LogP contribution in [0.2, 0.25) is 3.12 Å². The van der Waals surface area contributed by atoms with Crippen molar-refractivity contribution in [2.45, 2.75) is 17.0 Å². The molecule has 0 N–H and O–H groups in total. The molecule has 0 aliphatic heterocycles. The summed E-state index contributed by atoms with van der Waals surface area (Å²) in [6.45, 7) is 4.18. The Hall–Kier alpha value is -1.19. The molecule has 0 fully saturated rings. The van der Waals surface area contributed by atoms with Crippen molar-refractivity contribution >= 4 is 28.3 Å². The molecule has 2 aromatic carbocycles. The van der Waals surface area contributed by atoms with Crippen LogP contribution in [0.3, 0.4) is 0 Å². The van der Waals surface area contributed by atoms with E-state index in [0.717, 1.165) is 0 Å². The van der Waals surface area contributed by atoms with Gasteiger partial charge in [0, 0.05) is 0 Å². The molecule has 2 rings (SSSR count). The van der Waals surface area contributed by atoms with Gasteiger partial charge in [-0.05, 0) is 0 Å². The summed E-state index contributed by atoms with van der Waals surface area (Å²) in [5.74, 6) is 0. The average molecular weight is 431 g/mol. The maximum atomic E-state index is 9.49. The quantitative estimate of drug-likeness (QED) is 0.686. The molecule has 0 bridgehead atoms. The fourth-order valence-electron chi connectivity index (χ4n) is 2.00. The predicted octanol–water partition coefficient (Wildman–Crippen LogP) is 2.60. The molecule has 0 amide bonds. The summed E-state index contributed by atoms with van der Waals surface area (Å²) in [5.41, 5.74) is 0. The third kappa shape index (κ3) is 2.79. The monoisotopic (exact) mass is 431 g/mol. The van der Waals surface area contributed by atoms with Gasteiger partial charge < -0.3 is 0 Å². The number of hydrogen-bond acceptors (Lipinski definition) is 1. The molecule has 1 nitrogen and oxygen atoms in total. The second-order valence-corrected chi connectivity index (χ2v) is 15.6. The van der Waals surface area contributed by atoms with Crippen LogP contribution in [-0.2, 0) is 0 Å². The summed E-state index contributed by atoms with van der Waals surface area (Å²) in [5, 5.41) is 9.49. The first kappa shape index (κ1) is 13.2. The van der Waals surface area contributed by atoms with Gasteiger partial charge in [-0.2, -0.15) is 0 Å². The topological polar surface area (TPSA) is 23.8 Å². The SMILES string of the molecule is C[C](C)(C#N)[Bi]([c]1ccccc1)[c]1ccccc1. The van der Waals surface area contributed by atoms with Crippen LogP contribution in [0.1, 0.15) is 13.8 Å². The molecule has 0 radical (unpaired) electrons. The third-order valence-electron chi connectivity index (χ3n) is 2.86. The molecule has 0 saturated heterocycles. The van der Waals surface area contributed by atoms with Crippen LogP contribution >= 0.6 is 0 Å². The zero-order valence-electron chi connectivity index (χ0n) is 10.7. The zero-order valence-corrected chi connectivity index (χ0v) is 14.1. The van der Waals surface area contributed by atoms with Gasteiger partial charge in [0.05, 0.1) is 0 Å². The van der Waals surface area contributed by atoms with Crippen LogP contribution in [0.15, 0.2) is 60.7 Å². The zero-order chi connectivity index (χ0) is 13.0. The van der Waals surface area contributed by atoms with Crippen LogP contribution < -0.4 is 6.54 Å². The average Bonchev–Trinajstić information content (AvgIpc) is 2.41. The number of rotatable bonds is 3. The molecular weight excluding hydrogens is 415 g/mol. The number of hydrogen-bond donors (Lipinski definition) is 0. The van der Waals surface area contributed by atoms with Crippen molar-refractivity contribution in [2.24, 2.45) is 0 Å². The van der Waals surface area contributed by atoms with Gasteiger partial charge in [0.1, 0.15) is 0 Å². The minimum atomic E-state index is -2.28. The van der Waals surface area contributed by atoms with Crippen LogP contribution in [0, 0.1) is 11.3 Å². The van der Waals surface area contributed by atoms with Crippen molar-refractivity contribution in [3.05, 3.63) is 60.7 Å². The molecule has 0 unspecified atom stereocenters. The van der Waals surface area contributed by atoms with E-state index in [0.29, 0.717) is 0 Å². The van der Waals surface area contributed by atoms with Crippen molar-refractivity contribution in [1.82, 2.24) is 0 Å². The van der Waals surface area contributed by atoms with Gasteiger partial charge in [-0.3, -0.25) is 0 Å². The Morgan fingerprint density at radius 1 is 0.833 bits per heavy atom. The van der Waals surface area contributed by atoms with Crippen molar-refractivity contribution in [3.63, 3.8) is 0 Å². The van der Waals surface area contributed by atoms with Gasteiger partial charge in [0.15, 0.2) is 0 Å². The molecule has 0 atom stereocenters. The van der Waals surface area contributed by atoms with Crippen LogP contribution in [0.4, 0.5) is 0 Å². The Morgan fingerprint density at radius 2 is 1.22 bits per heavy atom. The van der Waals surface area contributed by atoms with Crippen molar-refractivity contribution < 1.29 is 0 Å². The second-order valence-electron chi connectivity index (χ2n) is 4.68. The van der Waals surface area contributed by atoms with E-state index in [2.05, 4.69) is 68.4 Å². The molecule has 0 saturated carbocycles. The Kier molecular flexibility index (Phi) is 4.15. The Bertz CT molecular complexity index is 501. The van der Waals surface area contributed by atoms with Crippen molar-refractivity contribution in [3.8, 4) is 6.07 Å². The van der Waals surface area contributed by atoms with Gasteiger partial charge in [0.25, 0.3) is 0 Å². The molecular formula is C16H16BiN. The van der Waals surface area contributed by atoms with Crippen LogP contribution in [0.25, 0.3) is 0 Å². The van der Waals surface area contributed by atoms with E-state index in [1.165, 1.54) is 6.54 Å². The van der Waals surface area contributed by atoms with Gasteiger partial charge in [-0.15, -0.1) is 0 Å². The maximum absolute atomic E-state index is 9.49. The van der Waals surface area contributed by atoms with E-state index in [1.807, 2.05) is 12.1 Å². The number of benzene rings is 2. The van der Waals surface area contributed by atoms with E-state index in [-0.39, 0.29) is 3.12 Å². The van der Waals surface area contributed by atoms with Crippen LogP contribution in [-0.4, -0.2) is 21.8 Å². The normalized spacial score (nSPS) is 11.2. The molecule has 2 heteroatoms. The molecule has 0 aromatic heterocycles. The van der Waals surface area contributed by atoms with Crippen molar-refractivity contribution in [2.75, 3.05) is 0 Å². The Labute approximate surface area is 117 Å². The molecule has 0 aliphatic rings. The van der Waals surface area contributed by atoms with E-state index >= 15 is 0 Å². The molecule has 0 spiro atoms.